The summed E-state index contributed by atoms with van der Waals surface area (Å²) in [5.41, 5.74) is 1.35. The molecular weight excluding hydrogens is 446 g/mol. The van der Waals surface area contributed by atoms with E-state index < -0.39 is 16.1 Å². The summed E-state index contributed by atoms with van der Waals surface area (Å²) >= 11 is 6.98. The molecule has 1 fully saturated rings. The molecule has 1 aliphatic heterocycles. The van der Waals surface area contributed by atoms with Crippen molar-refractivity contribution < 1.29 is 13.2 Å². The van der Waals surface area contributed by atoms with E-state index >= 15 is 0 Å². The number of hydrogen-bond acceptors (Lipinski definition) is 5. The molecule has 0 radical (unpaired) electrons. The molecule has 0 saturated carbocycles. The van der Waals surface area contributed by atoms with Crippen molar-refractivity contribution in [2.24, 2.45) is 0 Å². The number of rotatable bonds is 5. The van der Waals surface area contributed by atoms with Gasteiger partial charge < -0.3 is 5.32 Å². The number of hydrogen-bond donors (Lipinski definition) is 1. The Morgan fingerprint density at radius 2 is 1.97 bits per heavy atom. The number of carbonyl (C=O) groups is 1. The van der Waals surface area contributed by atoms with Crippen molar-refractivity contribution in [1.29, 1.82) is 0 Å². The highest BCUT2D eigenvalue weighted by atomic mass is 35.5. The van der Waals surface area contributed by atoms with Gasteiger partial charge in [-0.05, 0) is 62.2 Å². The lowest BCUT2D eigenvalue weighted by Crippen LogP contribution is -2.43. The van der Waals surface area contributed by atoms with Crippen LogP contribution in [0.3, 0.4) is 0 Å². The van der Waals surface area contributed by atoms with Crippen molar-refractivity contribution in [2.45, 2.75) is 37.2 Å². The molecule has 0 aliphatic carbocycles. The minimum absolute atomic E-state index is 0.0491. The molecule has 0 unspecified atom stereocenters. The lowest BCUT2D eigenvalue weighted by molar-refractivity contribution is -0.119. The number of sulfonamides is 1. The molecule has 1 aliphatic rings. The van der Waals surface area contributed by atoms with Gasteiger partial charge in [0, 0.05) is 23.8 Å². The van der Waals surface area contributed by atoms with Crippen molar-refractivity contribution in [2.75, 3.05) is 11.9 Å². The first-order valence-corrected chi connectivity index (χ1v) is 12.2. The Morgan fingerprint density at radius 1 is 1.23 bits per heavy atom. The van der Waals surface area contributed by atoms with Crippen LogP contribution in [0.2, 0.25) is 5.02 Å². The average molecular weight is 466 g/mol. The molecule has 4 rings (SSSR count). The predicted molar refractivity (Wildman–Crippen MR) is 119 cm³/mol. The first-order valence-electron chi connectivity index (χ1n) is 9.53. The Hall–Kier alpha value is -2.20. The van der Waals surface area contributed by atoms with Gasteiger partial charge in [0.2, 0.25) is 15.9 Å². The molecule has 0 bridgehead atoms. The number of nitrogens with one attached hydrogen (secondary N) is 1. The van der Waals surface area contributed by atoms with E-state index in [2.05, 4.69) is 5.32 Å². The van der Waals surface area contributed by atoms with Crippen LogP contribution in [0.4, 0.5) is 5.69 Å². The van der Waals surface area contributed by atoms with Crippen LogP contribution in [0.15, 0.2) is 52.2 Å². The Bertz CT molecular complexity index is 1270. The van der Waals surface area contributed by atoms with Crippen LogP contribution >= 0.6 is 22.9 Å². The summed E-state index contributed by atoms with van der Waals surface area (Å²) in [7, 11) is -3.81. The SMILES string of the molecule is CCn1c(=O)sc2cc(NC(=O)[C@H]3CCCN3S(=O)(=O)c3ccc(Cl)cc3)ccc21. The zero-order chi connectivity index (χ0) is 21.5. The standard InChI is InChI=1S/C20H20ClN3O4S2/c1-2-23-16-10-7-14(12-18(16)29-20(23)26)22-19(25)17-4-3-11-24(17)30(27,28)15-8-5-13(21)6-9-15/h5-10,12,17H,2-4,11H2,1H3,(H,22,25)/t17-/m1/s1. The lowest BCUT2D eigenvalue weighted by Gasteiger charge is -2.23. The van der Waals surface area contributed by atoms with Crippen molar-refractivity contribution in [1.82, 2.24) is 8.87 Å². The Kier molecular flexibility index (Phi) is 5.71. The number of aromatic nitrogens is 1. The second-order valence-electron chi connectivity index (χ2n) is 7.01. The summed E-state index contributed by atoms with van der Waals surface area (Å²) in [5, 5.41) is 3.26. The van der Waals surface area contributed by atoms with E-state index in [0.717, 1.165) is 21.6 Å². The molecule has 30 heavy (non-hydrogen) atoms. The fraction of sp³-hybridized carbons (Fsp3) is 0.300. The maximum Gasteiger partial charge on any atom is 0.308 e. The maximum absolute atomic E-state index is 13.0. The maximum atomic E-state index is 13.0. The van der Waals surface area contributed by atoms with Crippen molar-refractivity contribution >= 4 is 54.8 Å². The van der Waals surface area contributed by atoms with E-state index in [4.69, 9.17) is 11.6 Å². The van der Waals surface area contributed by atoms with Crippen LogP contribution in [0.5, 0.6) is 0 Å². The number of thiazole rings is 1. The largest absolute Gasteiger partial charge is 0.325 e. The van der Waals surface area contributed by atoms with Gasteiger partial charge in [0.05, 0.1) is 15.1 Å². The molecule has 2 aromatic carbocycles. The molecule has 2 heterocycles. The quantitative estimate of drug-likeness (QED) is 0.624. The summed E-state index contributed by atoms with van der Waals surface area (Å²) in [6.07, 6.45) is 1.05. The fourth-order valence-corrected chi connectivity index (χ4v) is 6.48. The molecule has 1 aromatic heterocycles. The molecule has 10 heteroatoms. The number of benzene rings is 2. The molecule has 0 spiro atoms. The number of halogens is 1. The number of amides is 1. The van der Waals surface area contributed by atoms with Crippen molar-refractivity contribution in [3.63, 3.8) is 0 Å². The van der Waals surface area contributed by atoms with Gasteiger partial charge in [0.15, 0.2) is 0 Å². The van der Waals surface area contributed by atoms with E-state index in [0.29, 0.717) is 30.1 Å². The summed E-state index contributed by atoms with van der Waals surface area (Å²) in [6.45, 7) is 2.76. The number of anilines is 1. The molecule has 1 amide bonds. The highest BCUT2D eigenvalue weighted by molar-refractivity contribution is 7.89. The zero-order valence-corrected chi connectivity index (χ0v) is 18.6. The van der Waals surface area contributed by atoms with E-state index in [1.807, 2.05) is 6.92 Å². The monoisotopic (exact) mass is 465 g/mol. The van der Waals surface area contributed by atoms with Gasteiger partial charge in [-0.15, -0.1) is 0 Å². The van der Waals surface area contributed by atoms with Gasteiger partial charge >= 0.3 is 4.87 Å². The highest BCUT2D eigenvalue weighted by Gasteiger charge is 2.39. The van der Waals surface area contributed by atoms with E-state index in [-0.39, 0.29) is 22.2 Å². The first-order chi connectivity index (χ1) is 14.3. The Labute approximate surface area is 182 Å². The first kappa shape index (κ1) is 21.0. The third kappa shape index (κ3) is 3.78. The van der Waals surface area contributed by atoms with Crippen LogP contribution in [0.1, 0.15) is 19.8 Å². The number of nitrogens with zero attached hydrogens (tertiary/aromatic N) is 2. The second kappa shape index (κ2) is 8.14. The van der Waals surface area contributed by atoms with Gasteiger partial charge in [0.25, 0.3) is 0 Å². The Balaban J connectivity index is 1.57. The number of aryl methyl sites for hydroxylation is 1. The third-order valence-corrected chi connectivity index (χ3v) is 8.29. The molecule has 3 aromatic rings. The van der Waals surface area contributed by atoms with E-state index in [1.165, 1.54) is 28.6 Å². The fourth-order valence-electron chi connectivity index (χ4n) is 3.70. The van der Waals surface area contributed by atoms with Crippen LogP contribution in [0.25, 0.3) is 10.2 Å². The predicted octanol–water partition coefficient (Wildman–Crippen LogP) is 3.53. The molecule has 1 saturated heterocycles. The van der Waals surface area contributed by atoms with Crippen molar-refractivity contribution in [3.05, 3.63) is 57.2 Å². The van der Waals surface area contributed by atoms with Crippen LogP contribution in [0, 0.1) is 0 Å². The molecule has 1 N–H and O–H groups in total. The van der Waals surface area contributed by atoms with Gasteiger partial charge in [0.1, 0.15) is 6.04 Å². The van der Waals surface area contributed by atoms with E-state index in [9.17, 15) is 18.0 Å². The summed E-state index contributed by atoms with van der Waals surface area (Å²) in [6, 6.07) is 10.4. The van der Waals surface area contributed by atoms with Gasteiger partial charge in [-0.25, -0.2) is 8.42 Å². The normalized spacial score (nSPS) is 17.5. The number of carbonyl (C=O) groups excluding carboxylic acids is 1. The minimum Gasteiger partial charge on any atom is -0.325 e. The van der Waals surface area contributed by atoms with E-state index in [1.54, 1.807) is 22.8 Å². The summed E-state index contributed by atoms with van der Waals surface area (Å²) in [4.78, 5) is 25.0. The van der Waals surface area contributed by atoms with Gasteiger partial charge in [-0.1, -0.05) is 22.9 Å². The molecule has 158 valence electrons. The summed E-state index contributed by atoms with van der Waals surface area (Å²) < 4.78 is 29.7. The molecular formula is C20H20ClN3O4S2. The second-order valence-corrected chi connectivity index (χ2v) is 10.3. The highest BCUT2D eigenvalue weighted by Crippen LogP contribution is 2.28. The van der Waals surface area contributed by atoms with Crippen LogP contribution in [-0.2, 0) is 21.4 Å². The topological polar surface area (TPSA) is 88.5 Å². The van der Waals surface area contributed by atoms with Crippen LogP contribution < -0.4 is 10.2 Å². The molecule has 7 nitrogen and oxygen atoms in total. The summed E-state index contributed by atoms with van der Waals surface area (Å²) in [5.74, 6) is -0.383. The van der Waals surface area contributed by atoms with Gasteiger partial charge in [-0.2, -0.15) is 4.31 Å². The lowest BCUT2D eigenvalue weighted by atomic mass is 10.2. The van der Waals surface area contributed by atoms with Crippen molar-refractivity contribution in [3.8, 4) is 0 Å². The van der Waals surface area contributed by atoms with Crippen LogP contribution in [-0.4, -0.2) is 35.8 Å². The van der Waals surface area contributed by atoms with Gasteiger partial charge in [-0.3, -0.25) is 14.2 Å². The number of fused-ring (bicyclic) bond motifs is 1. The Morgan fingerprint density at radius 3 is 2.67 bits per heavy atom. The zero-order valence-electron chi connectivity index (χ0n) is 16.2. The average Bonchev–Trinajstić information content (AvgIpc) is 3.32. The third-order valence-electron chi connectivity index (χ3n) is 5.18. The minimum atomic E-state index is -3.81. The molecule has 1 atom stereocenters. The smallest absolute Gasteiger partial charge is 0.308 e.